The molecule has 154 valence electrons. The lowest BCUT2D eigenvalue weighted by Crippen LogP contribution is -2.57. The number of hydrogen-bond donors (Lipinski definition) is 1. The van der Waals surface area contributed by atoms with E-state index in [1.54, 1.807) is 43.0 Å². The van der Waals surface area contributed by atoms with Crippen molar-refractivity contribution in [2.45, 2.75) is 50.5 Å². The van der Waals surface area contributed by atoms with Crippen LogP contribution in [0.3, 0.4) is 0 Å². The van der Waals surface area contributed by atoms with E-state index in [2.05, 4.69) is 11.0 Å². The molecule has 8 nitrogen and oxygen atoms in total. The van der Waals surface area contributed by atoms with Crippen molar-refractivity contribution in [3.63, 3.8) is 0 Å². The lowest BCUT2D eigenvalue weighted by Gasteiger charge is -2.41. The Bertz CT molecular complexity index is 797. The van der Waals surface area contributed by atoms with Gasteiger partial charge in [0.2, 0.25) is 0 Å². The molecule has 0 aromatic heterocycles. The predicted molar refractivity (Wildman–Crippen MR) is 104 cm³/mol. The number of aliphatic hydroxyl groups excluding tert-OH is 1. The lowest BCUT2D eigenvalue weighted by atomic mass is 10.1. The van der Waals surface area contributed by atoms with E-state index < -0.39 is 17.8 Å². The standard InChI is InChI=1S/C21H26N4O4/c1-21(2,14-23)29-20(27)24-10-16-5-6-17(11-24)25(16)12-18(26)13-28-19-7-3-15(9-22)4-8-19/h3-4,7-8,16-18,26H,5-6,10-13H2,1-2H3. The van der Waals surface area contributed by atoms with Crippen molar-refractivity contribution >= 4 is 6.09 Å². The fourth-order valence-corrected chi connectivity index (χ4v) is 3.86. The summed E-state index contributed by atoms with van der Waals surface area (Å²) >= 11 is 0. The first-order valence-electron chi connectivity index (χ1n) is 9.77. The van der Waals surface area contributed by atoms with E-state index in [0.717, 1.165) is 12.8 Å². The third-order valence-electron chi connectivity index (χ3n) is 5.35. The second-order valence-electron chi connectivity index (χ2n) is 8.08. The van der Waals surface area contributed by atoms with Crippen LogP contribution in [0, 0.1) is 22.7 Å². The van der Waals surface area contributed by atoms with Gasteiger partial charge in [-0.05, 0) is 51.0 Å². The first-order valence-corrected chi connectivity index (χ1v) is 9.77. The minimum absolute atomic E-state index is 0.157. The number of ether oxygens (including phenoxy) is 2. The number of nitrogens with zero attached hydrogens (tertiary/aromatic N) is 4. The summed E-state index contributed by atoms with van der Waals surface area (Å²) in [6, 6.07) is 11.1. The summed E-state index contributed by atoms with van der Waals surface area (Å²) in [7, 11) is 0. The molecule has 2 saturated heterocycles. The number of rotatable bonds is 6. The van der Waals surface area contributed by atoms with E-state index in [9.17, 15) is 9.90 Å². The van der Waals surface area contributed by atoms with E-state index in [1.165, 1.54) is 0 Å². The summed E-state index contributed by atoms with van der Waals surface area (Å²) in [6.45, 7) is 4.82. The van der Waals surface area contributed by atoms with Gasteiger partial charge < -0.3 is 19.5 Å². The quantitative estimate of drug-likeness (QED) is 0.779. The molecule has 3 rings (SSSR count). The van der Waals surface area contributed by atoms with Crippen LogP contribution in [0.2, 0.25) is 0 Å². The fraction of sp³-hybridized carbons (Fsp3) is 0.571. The summed E-state index contributed by atoms with van der Waals surface area (Å²) in [5, 5.41) is 28.3. The molecule has 1 amide bonds. The molecule has 2 fully saturated rings. The van der Waals surface area contributed by atoms with E-state index in [0.29, 0.717) is 30.9 Å². The maximum absolute atomic E-state index is 12.4. The zero-order valence-corrected chi connectivity index (χ0v) is 16.7. The van der Waals surface area contributed by atoms with Gasteiger partial charge in [-0.2, -0.15) is 10.5 Å². The molecular weight excluding hydrogens is 372 g/mol. The number of nitriles is 2. The average Bonchev–Trinajstić information content (AvgIpc) is 2.93. The smallest absolute Gasteiger partial charge is 0.411 e. The fourth-order valence-electron chi connectivity index (χ4n) is 3.86. The summed E-state index contributed by atoms with van der Waals surface area (Å²) in [5.41, 5.74) is -0.587. The third-order valence-corrected chi connectivity index (χ3v) is 5.35. The molecule has 2 aliphatic rings. The van der Waals surface area contributed by atoms with Crippen LogP contribution in [0.5, 0.6) is 5.75 Å². The molecule has 3 atom stereocenters. The largest absolute Gasteiger partial charge is 0.491 e. The normalized spacial score (nSPS) is 22.4. The Morgan fingerprint density at radius 1 is 1.24 bits per heavy atom. The maximum atomic E-state index is 12.4. The van der Waals surface area contributed by atoms with E-state index in [1.807, 2.05) is 6.07 Å². The highest BCUT2D eigenvalue weighted by Crippen LogP contribution is 2.31. The third kappa shape index (κ3) is 5.17. The Balaban J connectivity index is 1.49. The van der Waals surface area contributed by atoms with Gasteiger partial charge in [0.05, 0.1) is 11.6 Å². The number of hydrogen-bond acceptors (Lipinski definition) is 7. The topological polar surface area (TPSA) is 110 Å². The average molecular weight is 398 g/mol. The molecule has 3 unspecified atom stereocenters. The van der Waals surface area contributed by atoms with Gasteiger partial charge >= 0.3 is 6.09 Å². The zero-order chi connectivity index (χ0) is 21.0. The number of amides is 1. The summed E-state index contributed by atoms with van der Waals surface area (Å²) in [4.78, 5) is 16.3. The van der Waals surface area contributed by atoms with E-state index in [4.69, 9.17) is 20.0 Å². The van der Waals surface area contributed by atoms with E-state index >= 15 is 0 Å². The minimum atomic E-state index is -1.15. The number of aliphatic hydroxyl groups is 1. The number of carbonyl (C=O) groups excluding carboxylic acids is 1. The van der Waals surface area contributed by atoms with Crippen LogP contribution in [0.1, 0.15) is 32.3 Å². The molecule has 0 aliphatic carbocycles. The Hall–Kier alpha value is -2.81. The predicted octanol–water partition coefficient (Wildman–Crippen LogP) is 1.89. The van der Waals surface area contributed by atoms with Crippen molar-refractivity contribution in [2.75, 3.05) is 26.2 Å². The Morgan fingerprint density at radius 2 is 1.86 bits per heavy atom. The molecule has 0 radical (unpaired) electrons. The second-order valence-corrected chi connectivity index (χ2v) is 8.08. The number of likely N-dealkylation sites (tertiary alicyclic amines) is 1. The molecule has 2 bridgehead atoms. The number of carbonyl (C=O) groups is 1. The van der Waals surface area contributed by atoms with Crippen LogP contribution in [-0.4, -0.2) is 71.0 Å². The molecule has 29 heavy (non-hydrogen) atoms. The SMILES string of the molecule is CC(C)(C#N)OC(=O)N1CC2CCC(C1)N2CC(O)COc1ccc(C#N)cc1. The molecule has 8 heteroatoms. The Kier molecular flexibility index (Phi) is 6.26. The van der Waals surface area contributed by atoms with Gasteiger partial charge in [-0.3, -0.25) is 4.90 Å². The first kappa shape index (κ1) is 20.9. The van der Waals surface area contributed by atoms with Gasteiger partial charge in [0.25, 0.3) is 0 Å². The molecular formula is C21H26N4O4. The number of fused-ring (bicyclic) bond motifs is 2. The lowest BCUT2D eigenvalue weighted by molar-refractivity contribution is -0.00476. The van der Waals surface area contributed by atoms with E-state index in [-0.39, 0.29) is 18.7 Å². The molecule has 1 aromatic rings. The highest BCUT2D eigenvalue weighted by atomic mass is 16.6. The second kappa shape index (κ2) is 8.69. The van der Waals surface area contributed by atoms with Crippen molar-refractivity contribution in [1.29, 1.82) is 10.5 Å². The van der Waals surface area contributed by atoms with Crippen LogP contribution in [0.4, 0.5) is 4.79 Å². The molecule has 0 spiro atoms. The van der Waals surface area contributed by atoms with Gasteiger partial charge in [-0.1, -0.05) is 0 Å². The summed E-state index contributed by atoms with van der Waals surface area (Å²) < 4.78 is 10.9. The van der Waals surface area contributed by atoms with Crippen molar-refractivity contribution in [2.24, 2.45) is 0 Å². The van der Waals surface area contributed by atoms with Crippen molar-refractivity contribution in [1.82, 2.24) is 9.80 Å². The minimum Gasteiger partial charge on any atom is -0.491 e. The monoisotopic (exact) mass is 398 g/mol. The Labute approximate surface area is 170 Å². The molecule has 2 aliphatic heterocycles. The van der Waals surface area contributed by atoms with Crippen LogP contribution >= 0.6 is 0 Å². The number of piperazine rings is 1. The highest BCUT2D eigenvalue weighted by Gasteiger charge is 2.43. The van der Waals surface area contributed by atoms with Crippen LogP contribution in [0.25, 0.3) is 0 Å². The van der Waals surface area contributed by atoms with Gasteiger partial charge in [0.15, 0.2) is 5.60 Å². The summed E-state index contributed by atoms with van der Waals surface area (Å²) in [6.07, 6.45) is 0.793. The van der Waals surface area contributed by atoms with Gasteiger partial charge in [-0.15, -0.1) is 0 Å². The van der Waals surface area contributed by atoms with Crippen molar-refractivity contribution in [3.05, 3.63) is 29.8 Å². The molecule has 1 aromatic carbocycles. The first-order chi connectivity index (χ1) is 13.8. The van der Waals surface area contributed by atoms with Gasteiger partial charge in [0.1, 0.15) is 24.5 Å². The molecule has 1 N–H and O–H groups in total. The summed E-state index contributed by atoms with van der Waals surface area (Å²) in [5.74, 6) is 0.610. The zero-order valence-electron chi connectivity index (χ0n) is 16.7. The van der Waals surface area contributed by atoms with Gasteiger partial charge in [0, 0.05) is 31.7 Å². The van der Waals surface area contributed by atoms with Crippen molar-refractivity contribution < 1.29 is 19.4 Å². The van der Waals surface area contributed by atoms with Crippen molar-refractivity contribution in [3.8, 4) is 17.9 Å². The molecule has 2 heterocycles. The highest BCUT2D eigenvalue weighted by molar-refractivity contribution is 5.69. The maximum Gasteiger partial charge on any atom is 0.411 e. The Morgan fingerprint density at radius 3 is 2.41 bits per heavy atom. The van der Waals surface area contributed by atoms with Crippen LogP contribution in [-0.2, 0) is 4.74 Å². The molecule has 0 saturated carbocycles. The van der Waals surface area contributed by atoms with Gasteiger partial charge in [-0.25, -0.2) is 4.79 Å². The van der Waals surface area contributed by atoms with Crippen LogP contribution < -0.4 is 4.74 Å². The van der Waals surface area contributed by atoms with Crippen LogP contribution in [0.15, 0.2) is 24.3 Å². The number of benzene rings is 1.